The highest BCUT2D eigenvalue weighted by molar-refractivity contribution is 5.85. The number of amides is 1. The van der Waals surface area contributed by atoms with Crippen molar-refractivity contribution in [2.45, 2.75) is 39.2 Å². The lowest BCUT2D eigenvalue weighted by molar-refractivity contribution is -0.124. The Hall–Kier alpha value is -1.38. The highest BCUT2D eigenvalue weighted by atomic mass is 16.2. The summed E-state index contributed by atoms with van der Waals surface area (Å²) < 4.78 is 0. The Morgan fingerprint density at radius 3 is 2.93 bits per heavy atom. The average Bonchev–Trinajstić information content (AvgIpc) is 2.17. The van der Waals surface area contributed by atoms with Crippen LogP contribution >= 0.6 is 0 Å². The molecule has 0 fully saturated rings. The summed E-state index contributed by atoms with van der Waals surface area (Å²) in [6.45, 7) is 6.10. The van der Waals surface area contributed by atoms with Crippen molar-refractivity contribution in [1.82, 2.24) is 10.3 Å². The maximum absolute atomic E-state index is 11.8. The van der Waals surface area contributed by atoms with E-state index in [0.29, 0.717) is 0 Å². The summed E-state index contributed by atoms with van der Waals surface area (Å²) in [5.74, 6) is 0.0340. The zero-order valence-electron chi connectivity index (χ0n) is 9.37. The molecule has 1 aliphatic heterocycles. The molecule has 1 amide bonds. The minimum Gasteiger partial charge on any atom is -0.349 e. The molecule has 1 aromatic rings. The monoisotopic (exact) mass is 204 g/mol. The Bertz CT molecular complexity index is 401. The number of carbonyl (C=O) groups is 1. The molecular formula is C12H16N2O. The van der Waals surface area contributed by atoms with Crippen LogP contribution in [0.3, 0.4) is 0 Å². The van der Waals surface area contributed by atoms with Gasteiger partial charge in [0.15, 0.2) is 0 Å². The van der Waals surface area contributed by atoms with E-state index in [1.54, 1.807) is 6.20 Å². The number of aryl methyl sites for hydroxylation is 1. The third-order valence-corrected chi connectivity index (χ3v) is 3.09. The van der Waals surface area contributed by atoms with E-state index in [2.05, 4.69) is 17.2 Å². The van der Waals surface area contributed by atoms with Crippen LogP contribution < -0.4 is 5.32 Å². The van der Waals surface area contributed by atoms with Crippen molar-refractivity contribution in [3.63, 3.8) is 0 Å². The summed E-state index contributed by atoms with van der Waals surface area (Å²) in [7, 11) is 0. The molecule has 1 aliphatic rings. The van der Waals surface area contributed by atoms with Gasteiger partial charge >= 0.3 is 0 Å². The number of aromatic nitrogens is 1. The van der Waals surface area contributed by atoms with E-state index in [1.165, 1.54) is 11.1 Å². The number of hydrogen-bond donors (Lipinski definition) is 1. The van der Waals surface area contributed by atoms with Gasteiger partial charge in [-0.3, -0.25) is 9.78 Å². The maximum Gasteiger partial charge on any atom is 0.229 e. The van der Waals surface area contributed by atoms with E-state index in [-0.39, 0.29) is 17.9 Å². The molecule has 0 radical (unpaired) electrons. The second-order valence-electron chi connectivity index (χ2n) is 4.12. The third-order valence-electron chi connectivity index (χ3n) is 3.09. The molecule has 1 aromatic heterocycles. The maximum atomic E-state index is 11.8. The summed E-state index contributed by atoms with van der Waals surface area (Å²) in [6, 6.07) is 2.09. The van der Waals surface area contributed by atoms with Gasteiger partial charge < -0.3 is 5.32 Å². The fourth-order valence-corrected chi connectivity index (χ4v) is 2.32. The summed E-state index contributed by atoms with van der Waals surface area (Å²) in [4.78, 5) is 16.1. The van der Waals surface area contributed by atoms with Crippen molar-refractivity contribution in [2.75, 3.05) is 0 Å². The molecule has 0 aliphatic carbocycles. The van der Waals surface area contributed by atoms with Crippen LogP contribution in [0.25, 0.3) is 0 Å². The molecule has 2 heterocycles. The minimum absolute atomic E-state index is 0.0731. The van der Waals surface area contributed by atoms with E-state index in [1.807, 2.05) is 19.9 Å². The van der Waals surface area contributed by atoms with Crippen LogP contribution in [-0.2, 0) is 4.79 Å². The molecule has 0 spiro atoms. The number of nitrogens with one attached hydrogen (secondary N) is 1. The van der Waals surface area contributed by atoms with Crippen molar-refractivity contribution >= 4 is 5.91 Å². The van der Waals surface area contributed by atoms with Gasteiger partial charge in [0, 0.05) is 6.20 Å². The molecule has 0 saturated heterocycles. The zero-order valence-corrected chi connectivity index (χ0v) is 9.37. The van der Waals surface area contributed by atoms with Crippen molar-refractivity contribution in [3.8, 4) is 0 Å². The summed E-state index contributed by atoms with van der Waals surface area (Å²) in [6.07, 6.45) is 2.60. The van der Waals surface area contributed by atoms with E-state index in [4.69, 9.17) is 0 Å². The lowest BCUT2D eigenvalue weighted by atomic mass is 9.87. The lowest BCUT2D eigenvalue weighted by Crippen LogP contribution is -2.38. The van der Waals surface area contributed by atoms with Gasteiger partial charge in [0.1, 0.15) is 0 Å². The van der Waals surface area contributed by atoms with Crippen LogP contribution in [0.2, 0.25) is 0 Å². The van der Waals surface area contributed by atoms with Gasteiger partial charge in [-0.1, -0.05) is 6.92 Å². The van der Waals surface area contributed by atoms with Crippen molar-refractivity contribution in [3.05, 3.63) is 29.1 Å². The van der Waals surface area contributed by atoms with E-state index >= 15 is 0 Å². The number of pyridine rings is 1. The van der Waals surface area contributed by atoms with Gasteiger partial charge in [-0.05, 0) is 37.5 Å². The Labute approximate surface area is 89.9 Å². The third kappa shape index (κ3) is 1.52. The van der Waals surface area contributed by atoms with Crippen molar-refractivity contribution in [1.29, 1.82) is 0 Å². The zero-order chi connectivity index (χ0) is 11.0. The molecule has 80 valence electrons. The van der Waals surface area contributed by atoms with E-state index in [9.17, 15) is 4.79 Å². The average molecular weight is 204 g/mol. The minimum atomic E-state index is -0.0731. The highest BCUT2D eigenvalue weighted by Gasteiger charge is 2.31. The highest BCUT2D eigenvalue weighted by Crippen LogP contribution is 2.32. The van der Waals surface area contributed by atoms with E-state index in [0.717, 1.165) is 12.1 Å². The van der Waals surface area contributed by atoms with Gasteiger partial charge in [-0.15, -0.1) is 0 Å². The molecule has 2 atom stereocenters. The molecule has 3 heteroatoms. The summed E-state index contributed by atoms with van der Waals surface area (Å²) >= 11 is 0. The predicted molar refractivity (Wildman–Crippen MR) is 58.6 cm³/mol. The molecule has 2 unspecified atom stereocenters. The van der Waals surface area contributed by atoms with Crippen LogP contribution in [0.15, 0.2) is 12.3 Å². The lowest BCUT2D eigenvalue weighted by Gasteiger charge is -2.29. The number of rotatable bonds is 1. The topological polar surface area (TPSA) is 42.0 Å². The number of carbonyl (C=O) groups excluding carboxylic acids is 1. The van der Waals surface area contributed by atoms with Crippen molar-refractivity contribution < 1.29 is 4.79 Å². The molecular weight excluding hydrogens is 188 g/mol. The Balaban J connectivity index is 2.58. The molecule has 0 saturated carbocycles. The normalized spacial score (nSPS) is 24.6. The second-order valence-corrected chi connectivity index (χ2v) is 4.12. The predicted octanol–water partition coefficient (Wildman–Crippen LogP) is 2.07. The molecule has 15 heavy (non-hydrogen) atoms. The number of hydrogen-bond acceptors (Lipinski definition) is 2. The summed E-state index contributed by atoms with van der Waals surface area (Å²) in [5, 5.41) is 3.00. The van der Waals surface area contributed by atoms with Gasteiger partial charge in [0.05, 0.1) is 17.7 Å². The number of fused-ring (bicyclic) bond motifs is 1. The Kier molecular flexibility index (Phi) is 2.47. The summed E-state index contributed by atoms with van der Waals surface area (Å²) in [5.41, 5.74) is 3.38. The molecule has 0 bridgehead atoms. The standard InChI is InChI=1S/C12H16N2O/c1-4-9-11-10(7(2)5-6-13-11)8(3)14-12(9)15/h5-6,8-9H,4H2,1-3H3,(H,14,15). The molecule has 3 nitrogen and oxygen atoms in total. The first-order valence-electron chi connectivity index (χ1n) is 5.41. The fraction of sp³-hybridized carbons (Fsp3) is 0.500. The van der Waals surface area contributed by atoms with Crippen LogP contribution in [-0.4, -0.2) is 10.9 Å². The largest absolute Gasteiger partial charge is 0.349 e. The van der Waals surface area contributed by atoms with Crippen molar-refractivity contribution in [2.24, 2.45) is 0 Å². The Morgan fingerprint density at radius 1 is 1.53 bits per heavy atom. The SMILES string of the molecule is CCC1C(=O)NC(C)c2c(C)ccnc21. The first-order chi connectivity index (χ1) is 7.15. The smallest absolute Gasteiger partial charge is 0.229 e. The van der Waals surface area contributed by atoms with Gasteiger partial charge in [0.25, 0.3) is 0 Å². The van der Waals surface area contributed by atoms with Crippen LogP contribution in [0.1, 0.15) is 49.0 Å². The Morgan fingerprint density at radius 2 is 2.27 bits per heavy atom. The molecule has 1 N–H and O–H groups in total. The number of nitrogens with zero attached hydrogens (tertiary/aromatic N) is 1. The van der Waals surface area contributed by atoms with Crippen LogP contribution in [0.4, 0.5) is 0 Å². The van der Waals surface area contributed by atoms with Gasteiger partial charge in [-0.25, -0.2) is 0 Å². The van der Waals surface area contributed by atoms with Crippen LogP contribution in [0, 0.1) is 6.92 Å². The second kappa shape index (κ2) is 3.65. The molecule has 2 rings (SSSR count). The first kappa shape index (κ1) is 10.1. The van der Waals surface area contributed by atoms with Crippen LogP contribution in [0.5, 0.6) is 0 Å². The van der Waals surface area contributed by atoms with Gasteiger partial charge in [-0.2, -0.15) is 0 Å². The quantitative estimate of drug-likeness (QED) is 0.761. The first-order valence-corrected chi connectivity index (χ1v) is 5.41. The fourth-order valence-electron chi connectivity index (χ4n) is 2.32. The molecule has 0 aromatic carbocycles. The van der Waals surface area contributed by atoms with E-state index < -0.39 is 0 Å². The van der Waals surface area contributed by atoms with Gasteiger partial charge in [0.2, 0.25) is 5.91 Å².